The van der Waals surface area contributed by atoms with Gasteiger partial charge in [0.1, 0.15) is 0 Å². The first kappa shape index (κ1) is 10.2. The van der Waals surface area contributed by atoms with Crippen molar-refractivity contribution in [2.75, 3.05) is 0 Å². The van der Waals surface area contributed by atoms with Gasteiger partial charge in [0, 0.05) is 16.5 Å². The molecule has 0 aliphatic heterocycles. The molecular formula is C10H10Ni-2. The Hall–Kier alpha value is -0.806. The summed E-state index contributed by atoms with van der Waals surface area (Å²) in [5.41, 5.74) is 0. The first-order chi connectivity index (χ1) is 5.00. The molecule has 0 bridgehead atoms. The molecule has 0 radical (unpaired) electrons. The second-order valence-corrected chi connectivity index (χ2v) is 1.92. The van der Waals surface area contributed by atoms with Crippen LogP contribution in [0.5, 0.6) is 0 Å². The first-order valence-electron chi connectivity index (χ1n) is 3.33. The van der Waals surface area contributed by atoms with E-state index in [2.05, 4.69) is 0 Å². The summed E-state index contributed by atoms with van der Waals surface area (Å²) in [5.74, 6) is 0. The smallest absolute Gasteiger partial charge is 0 e. The molecule has 0 saturated carbocycles. The summed E-state index contributed by atoms with van der Waals surface area (Å²) in [5, 5.41) is 0. The SMILES string of the molecule is [Ni].c1cc[cH-]c1.c1cc[cH-]c1. The molecule has 0 N–H and O–H groups in total. The van der Waals surface area contributed by atoms with Crippen LogP contribution in [0.2, 0.25) is 0 Å². The summed E-state index contributed by atoms with van der Waals surface area (Å²) in [6.45, 7) is 0. The van der Waals surface area contributed by atoms with Gasteiger partial charge in [-0.15, -0.1) is 0 Å². The molecule has 0 fully saturated rings. The van der Waals surface area contributed by atoms with Gasteiger partial charge in [-0.05, 0) is 0 Å². The van der Waals surface area contributed by atoms with E-state index in [0.29, 0.717) is 0 Å². The minimum absolute atomic E-state index is 0. The van der Waals surface area contributed by atoms with Gasteiger partial charge in [-0.3, -0.25) is 0 Å². The van der Waals surface area contributed by atoms with E-state index in [0.717, 1.165) is 0 Å². The number of hydrogen-bond acceptors (Lipinski definition) is 0. The van der Waals surface area contributed by atoms with Gasteiger partial charge in [0.15, 0.2) is 0 Å². The minimum Gasteiger partial charge on any atom is -0.214 e. The molecule has 62 valence electrons. The maximum Gasteiger partial charge on any atom is 0 e. The van der Waals surface area contributed by atoms with Gasteiger partial charge in [0.25, 0.3) is 0 Å². The summed E-state index contributed by atoms with van der Waals surface area (Å²) < 4.78 is 0. The van der Waals surface area contributed by atoms with Crippen molar-refractivity contribution in [2.24, 2.45) is 0 Å². The second kappa shape index (κ2) is 7.30. The zero-order valence-electron chi connectivity index (χ0n) is 6.09. The molecule has 2 aromatic rings. The molecule has 0 heterocycles. The van der Waals surface area contributed by atoms with Crippen LogP contribution in [0.4, 0.5) is 0 Å². The summed E-state index contributed by atoms with van der Waals surface area (Å²) in [7, 11) is 0. The molecule has 0 aliphatic rings. The van der Waals surface area contributed by atoms with Crippen LogP contribution in [0.25, 0.3) is 0 Å². The zero-order valence-corrected chi connectivity index (χ0v) is 7.08. The summed E-state index contributed by atoms with van der Waals surface area (Å²) in [4.78, 5) is 0. The van der Waals surface area contributed by atoms with Crippen LogP contribution in [0.15, 0.2) is 60.7 Å². The van der Waals surface area contributed by atoms with E-state index in [1.54, 1.807) is 0 Å². The normalized spacial score (nSPS) is 7.27. The quantitative estimate of drug-likeness (QED) is 0.441. The topological polar surface area (TPSA) is 0 Å². The van der Waals surface area contributed by atoms with Crippen LogP contribution >= 0.6 is 0 Å². The predicted molar refractivity (Wildman–Crippen MR) is 44.1 cm³/mol. The van der Waals surface area contributed by atoms with Crippen LogP contribution < -0.4 is 0 Å². The van der Waals surface area contributed by atoms with E-state index >= 15 is 0 Å². The summed E-state index contributed by atoms with van der Waals surface area (Å²) >= 11 is 0. The first-order valence-corrected chi connectivity index (χ1v) is 3.33. The van der Waals surface area contributed by atoms with E-state index in [-0.39, 0.29) is 16.5 Å². The molecule has 0 unspecified atom stereocenters. The van der Waals surface area contributed by atoms with E-state index in [4.69, 9.17) is 0 Å². The maximum absolute atomic E-state index is 2.00. The maximum atomic E-state index is 2.00. The molecule has 0 aromatic heterocycles. The van der Waals surface area contributed by atoms with Crippen molar-refractivity contribution < 1.29 is 16.5 Å². The fourth-order valence-corrected chi connectivity index (χ4v) is 0.642. The molecule has 0 amide bonds. The molecular weight excluding hydrogens is 179 g/mol. The summed E-state index contributed by atoms with van der Waals surface area (Å²) in [6.07, 6.45) is 0. The Morgan fingerprint density at radius 1 is 0.545 bits per heavy atom. The van der Waals surface area contributed by atoms with Crippen LogP contribution in [0.1, 0.15) is 0 Å². The third kappa shape index (κ3) is 5.63. The van der Waals surface area contributed by atoms with Gasteiger partial charge in [0.05, 0.1) is 0 Å². The van der Waals surface area contributed by atoms with Gasteiger partial charge in [-0.2, -0.15) is 36.4 Å². The number of rotatable bonds is 0. The molecule has 11 heavy (non-hydrogen) atoms. The Bertz CT molecular complexity index is 144. The van der Waals surface area contributed by atoms with Crippen LogP contribution in [-0.4, -0.2) is 0 Å². The third-order valence-electron chi connectivity index (χ3n) is 1.11. The van der Waals surface area contributed by atoms with E-state index < -0.39 is 0 Å². The van der Waals surface area contributed by atoms with Crippen molar-refractivity contribution in [2.45, 2.75) is 0 Å². The van der Waals surface area contributed by atoms with Crippen LogP contribution in [-0.2, 0) is 16.5 Å². The van der Waals surface area contributed by atoms with Crippen molar-refractivity contribution in [3.05, 3.63) is 60.7 Å². The predicted octanol–water partition coefficient (Wildman–Crippen LogP) is 2.81. The van der Waals surface area contributed by atoms with Crippen molar-refractivity contribution >= 4 is 0 Å². The monoisotopic (exact) mass is 188 g/mol. The fraction of sp³-hybridized carbons (Fsp3) is 0. The Morgan fingerprint density at radius 3 is 0.909 bits per heavy atom. The van der Waals surface area contributed by atoms with Gasteiger partial charge in [-0.25, -0.2) is 24.3 Å². The standard InChI is InChI=1S/2C5H5.Ni/c2*1-2-4-5-3-1;/h2*1-5H;/q2*-1;. The van der Waals surface area contributed by atoms with Crippen molar-refractivity contribution in [3.63, 3.8) is 0 Å². The molecule has 2 aromatic carbocycles. The van der Waals surface area contributed by atoms with Gasteiger partial charge < -0.3 is 0 Å². The molecule has 2 rings (SSSR count). The minimum atomic E-state index is 0. The zero-order chi connectivity index (χ0) is 7.07. The summed E-state index contributed by atoms with van der Waals surface area (Å²) in [6, 6.07) is 20.0. The molecule has 0 nitrogen and oxygen atoms in total. The van der Waals surface area contributed by atoms with Crippen LogP contribution in [0.3, 0.4) is 0 Å². The van der Waals surface area contributed by atoms with Crippen molar-refractivity contribution in [1.29, 1.82) is 0 Å². The Balaban J connectivity index is 0.000000167. The third-order valence-corrected chi connectivity index (χ3v) is 1.11. The van der Waals surface area contributed by atoms with E-state index in [9.17, 15) is 0 Å². The average Bonchev–Trinajstić information content (AvgIpc) is 2.67. The largest absolute Gasteiger partial charge is 0.214 e. The van der Waals surface area contributed by atoms with Gasteiger partial charge in [0.2, 0.25) is 0 Å². The Kier molecular flexibility index (Phi) is 6.77. The number of hydrogen-bond donors (Lipinski definition) is 0. The molecule has 1 heteroatoms. The van der Waals surface area contributed by atoms with Gasteiger partial charge in [-0.1, -0.05) is 0 Å². The molecule has 0 atom stereocenters. The Labute approximate surface area is 77.5 Å². The van der Waals surface area contributed by atoms with E-state index in [1.807, 2.05) is 60.7 Å². The Morgan fingerprint density at radius 2 is 0.818 bits per heavy atom. The van der Waals surface area contributed by atoms with E-state index in [1.165, 1.54) is 0 Å². The average molecular weight is 189 g/mol. The molecule has 0 aliphatic carbocycles. The second-order valence-electron chi connectivity index (χ2n) is 1.92. The fourth-order valence-electron chi connectivity index (χ4n) is 0.642. The molecule has 0 spiro atoms. The van der Waals surface area contributed by atoms with Crippen molar-refractivity contribution in [1.82, 2.24) is 0 Å². The van der Waals surface area contributed by atoms with Gasteiger partial charge >= 0.3 is 0 Å². The van der Waals surface area contributed by atoms with Crippen molar-refractivity contribution in [3.8, 4) is 0 Å². The molecule has 0 saturated heterocycles. The van der Waals surface area contributed by atoms with Crippen LogP contribution in [0, 0.1) is 0 Å².